The Kier molecular flexibility index (Phi) is 5.19. The topological polar surface area (TPSA) is 57.6 Å². The Labute approximate surface area is 102 Å². The number of rotatable bonds is 7. The van der Waals surface area contributed by atoms with E-state index in [9.17, 15) is 14.7 Å². The van der Waals surface area contributed by atoms with Crippen LogP contribution < -0.4 is 0 Å². The van der Waals surface area contributed by atoms with Gasteiger partial charge in [-0.05, 0) is 6.42 Å². The third-order valence-electron chi connectivity index (χ3n) is 3.26. The third kappa shape index (κ3) is 3.58. The molecule has 0 spiro atoms. The van der Waals surface area contributed by atoms with Gasteiger partial charge in [0, 0.05) is 18.9 Å². The van der Waals surface area contributed by atoms with Crippen LogP contribution in [0, 0.1) is 5.92 Å². The van der Waals surface area contributed by atoms with Crippen LogP contribution in [0.3, 0.4) is 0 Å². The Morgan fingerprint density at radius 3 is 2.82 bits per heavy atom. The number of carbonyl (C=O) groups is 2. The van der Waals surface area contributed by atoms with Crippen LogP contribution >= 0.6 is 0 Å². The number of aliphatic carboxylic acids is 1. The molecule has 1 aliphatic heterocycles. The molecule has 0 saturated carbocycles. The van der Waals surface area contributed by atoms with E-state index in [0.717, 1.165) is 19.3 Å². The highest BCUT2D eigenvalue weighted by molar-refractivity contribution is 5.85. The van der Waals surface area contributed by atoms with Crippen molar-refractivity contribution in [1.82, 2.24) is 4.90 Å². The van der Waals surface area contributed by atoms with Gasteiger partial charge < -0.3 is 10.0 Å². The van der Waals surface area contributed by atoms with Crippen molar-refractivity contribution in [2.45, 2.75) is 45.1 Å². The number of carbonyl (C=O) groups excluding carboxylic acids is 1. The van der Waals surface area contributed by atoms with E-state index in [-0.39, 0.29) is 11.8 Å². The monoisotopic (exact) mass is 239 g/mol. The van der Waals surface area contributed by atoms with Gasteiger partial charge >= 0.3 is 5.97 Å². The van der Waals surface area contributed by atoms with E-state index in [4.69, 9.17) is 0 Å². The van der Waals surface area contributed by atoms with Gasteiger partial charge in [-0.25, -0.2) is 4.79 Å². The molecule has 1 rings (SSSR count). The van der Waals surface area contributed by atoms with Crippen molar-refractivity contribution in [1.29, 1.82) is 0 Å². The second kappa shape index (κ2) is 6.42. The molecule has 96 valence electrons. The molecule has 1 N–H and O–H groups in total. The van der Waals surface area contributed by atoms with Crippen molar-refractivity contribution in [3.8, 4) is 0 Å². The minimum atomic E-state index is -0.890. The molecular weight excluding hydrogens is 218 g/mol. The van der Waals surface area contributed by atoms with Crippen molar-refractivity contribution in [3.63, 3.8) is 0 Å². The van der Waals surface area contributed by atoms with E-state index >= 15 is 0 Å². The number of likely N-dealkylation sites (tertiary alicyclic amines) is 1. The number of carboxylic acids is 1. The molecule has 1 saturated heterocycles. The summed E-state index contributed by atoms with van der Waals surface area (Å²) in [4.78, 5) is 24.4. The molecule has 1 aliphatic rings. The molecule has 1 amide bonds. The van der Waals surface area contributed by atoms with Gasteiger partial charge in [0.2, 0.25) is 5.91 Å². The van der Waals surface area contributed by atoms with Gasteiger partial charge in [-0.2, -0.15) is 0 Å². The van der Waals surface area contributed by atoms with E-state index in [2.05, 4.69) is 13.5 Å². The highest BCUT2D eigenvalue weighted by atomic mass is 16.4. The van der Waals surface area contributed by atoms with Gasteiger partial charge in [0.05, 0.1) is 0 Å². The molecule has 0 radical (unpaired) electrons. The molecule has 0 aromatic heterocycles. The van der Waals surface area contributed by atoms with E-state index in [1.165, 1.54) is 4.90 Å². The van der Waals surface area contributed by atoms with E-state index in [0.29, 0.717) is 19.4 Å². The zero-order valence-electron chi connectivity index (χ0n) is 10.4. The van der Waals surface area contributed by atoms with Crippen LogP contribution in [-0.2, 0) is 9.59 Å². The maximum absolute atomic E-state index is 11.7. The Hall–Kier alpha value is -1.32. The van der Waals surface area contributed by atoms with Gasteiger partial charge in [-0.1, -0.05) is 32.3 Å². The SMILES string of the molecule is C=CC1CC(=O)N([C@@H](CCCCC)C(=O)O)C1. The van der Waals surface area contributed by atoms with E-state index in [1.807, 2.05) is 0 Å². The fourth-order valence-corrected chi connectivity index (χ4v) is 2.22. The van der Waals surface area contributed by atoms with Crippen LogP contribution in [0.25, 0.3) is 0 Å². The lowest BCUT2D eigenvalue weighted by molar-refractivity contribution is -0.148. The van der Waals surface area contributed by atoms with E-state index < -0.39 is 12.0 Å². The first-order valence-corrected chi connectivity index (χ1v) is 6.25. The van der Waals surface area contributed by atoms with Crippen molar-refractivity contribution >= 4 is 11.9 Å². The Morgan fingerprint density at radius 2 is 2.35 bits per heavy atom. The lowest BCUT2D eigenvalue weighted by Crippen LogP contribution is -2.42. The zero-order chi connectivity index (χ0) is 12.8. The van der Waals surface area contributed by atoms with Gasteiger partial charge in [0.1, 0.15) is 6.04 Å². The van der Waals surface area contributed by atoms with Crippen LogP contribution in [0.5, 0.6) is 0 Å². The first-order chi connectivity index (χ1) is 8.10. The van der Waals surface area contributed by atoms with Crippen molar-refractivity contribution in [2.75, 3.05) is 6.54 Å². The number of nitrogens with zero attached hydrogens (tertiary/aromatic N) is 1. The van der Waals surface area contributed by atoms with Gasteiger partial charge in [-0.3, -0.25) is 4.79 Å². The lowest BCUT2D eigenvalue weighted by Gasteiger charge is -2.24. The first kappa shape index (κ1) is 13.7. The molecule has 1 heterocycles. The van der Waals surface area contributed by atoms with Crippen LogP contribution in [0.4, 0.5) is 0 Å². The fourth-order valence-electron chi connectivity index (χ4n) is 2.22. The van der Waals surface area contributed by atoms with Crippen LogP contribution in [0.1, 0.15) is 39.0 Å². The Balaban J connectivity index is 2.61. The first-order valence-electron chi connectivity index (χ1n) is 6.25. The van der Waals surface area contributed by atoms with Crippen molar-refractivity contribution in [3.05, 3.63) is 12.7 Å². The number of hydrogen-bond donors (Lipinski definition) is 1. The molecule has 0 aromatic rings. The normalized spacial score (nSPS) is 21.6. The van der Waals surface area contributed by atoms with Crippen molar-refractivity contribution in [2.24, 2.45) is 5.92 Å². The van der Waals surface area contributed by atoms with Gasteiger partial charge in [0.15, 0.2) is 0 Å². The summed E-state index contributed by atoms with van der Waals surface area (Å²) in [5, 5.41) is 9.19. The summed E-state index contributed by atoms with van der Waals surface area (Å²) in [7, 11) is 0. The molecule has 4 nitrogen and oxygen atoms in total. The molecule has 1 unspecified atom stereocenters. The summed E-state index contributed by atoms with van der Waals surface area (Å²) in [5.41, 5.74) is 0. The summed E-state index contributed by atoms with van der Waals surface area (Å²) < 4.78 is 0. The quantitative estimate of drug-likeness (QED) is 0.546. The summed E-state index contributed by atoms with van der Waals surface area (Å²) in [6.07, 6.45) is 5.62. The molecule has 17 heavy (non-hydrogen) atoms. The van der Waals surface area contributed by atoms with Crippen LogP contribution in [0.15, 0.2) is 12.7 Å². The molecular formula is C13H21NO3. The smallest absolute Gasteiger partial charge is 0.326 e. The zero-order valence-corrected chi connectivity index (χ0v) is 10.4. The Morgan fingerprint density at radius 1 is 1.65 bits per heavy atom. The maximum atomic E-state index is 11.7. The van der Waals surface area contributed by atoms with Crippen LogP contribution in [0.2, 0.25) is 0 Å². The second-order valence-electron chi connectivity index (χ2n) is 4.60. The highest BCUT2D eigenvalue weighted by Crippen LogP contribution is 2.23. The van der Waals surface area contributed by atoms with Gasteiger partial charge in [-0.15, -0.1) is 6.58 Å². The Bertz CT molecular complexity index is 301. The van der Waals surface area contributed by atoms with Gasteiger partial charge in [0.25, 0.3) is 0 Å². The van der Waals surface area contributed by atoms with E-state index in [1.54, 1.807) is 6.08 Å². The number of unbranched alkanes of at least 4 members (excludes halogenated alkanes) is 2. The molecule has 4 heteroatoms. The van der Waals surface area contributed by atoms with Crippen molar-refractivity contribution < 1.29 is 14.7 Å². The second-order valence-corrected chi connectivity index (χ2v) is 4.60. The predicted octanol–water partition coefficient (Wildman–Crippen LogP) is 2.05. The fraction of sp³-hybridized carbons (Fsp3) is 0.692. The molecule has 0 aliphatic carbocycles. The minimum absolute atomic E-state index is 0.0567. The lowest BCUT2D eigenvalue weighted by atomic mass is 10.1. The standard InChI is InChI=1S/C13H21NO3/c1-3-5-6-7-11(13(16)17)14-9-10(4-2)8-12(14)15/h4,10-11H,2-3,5-9H2,1H3,(H,16,17)/t10?,11-/m0/s1. The average Bonchev–Trinajstić information content (AvgIpc) is 2.65. The molecule has 0 aromatic carbocycles. The number of carboxylic acid groups (broad SMARTS) is 1. The summed E-state index contributed by atoms with van der Waals surface area (Å²) in [5.74, 6) is -0.839. The number of hydrogen-bond acceptors (Lipinski definition) is 2. The average molecular weight is 239 g/mol. The van der Waals surface area contributed by atoms with Crippen LogP contribution in [-0.4, -0.2) is 34.5 Å². The summed E-state index contributed by atoms with van der Waals surface area (Å²) in [6.45, 7) is 6.24. The highest BCUT2D eigenvalue weighted by Gasteiger charge is 2.35. The molecule has 0 bridgehead atoms. The largest absolute Gasteiger partial charge is 0.480 e. The molecule has 2 atom stereocenters. The minimum Gasteiger partial charge on any atom is -0.480 e. The summed E-state index contributed by atoms with van der Waals surface area (Å²) >= 11 is 0. The summed E-state index contributed by atoms with van der Waals surface area (Å²) in [6, 6.07) is -0.654. The number of amides is 1. The molecule has 1 fully saturated rings. The third-order valence-corrected chi connectivity index (χ3v) is 3.26. The predicted molar refractivity (Wildman–Crippen MR) is 65.6 cm³/mol. The maximum Gasteiger partial charge on any atom is 0.326 e.